The lowest BCUT2D eigenvalue weighted by molar-refractivity contribution is -0.150. The van der Waals surface area contributed by atoms with Gasteiger partial charge in [-0.05, 0) is 13.8 Å². The summed E-state index contributed by atoms with van der Waals surface area (Å²) in [6.45, 7) is 2.60. The summed E-state index contributed by atoms with van der Waals surface area (Å²) in [5.41, 5.74) is -1.92. The third-order valence-electron chi connectivity index (χ3n) is 1.51. The van der Waals surface area contributed by atoms with Crippen LogP contribution in [0.4, 0.5) is 0 Å². The van der Waals surface area contributed by atoms with Crippen molar-refractivity contribution in [2.75, 3.05) is 14.2 Å². The van der Waals surface area contributed by atoms with Gasteiger partial charge in [-0.3, -0.25) is 13.6 Å². The Balaban J connectivity index is 5.06. The van der Waals surface area contributed by atoms with E-state index in [1.165, 1.54) is 6.92 Å². The van der Waals surface area contributed by atoms with Gasteiger partial charge in [0.1, 0.15) is 0 Å². The molecule has 1 atom stereocenters. The van der Waals surface area contributed by atoms with E-state index in [2.05, 4.69) is 20.9 Å². The zero-order valence-corrected chi connectivity index (χ0v) is 9.83. The Kier molecular flexibility index (Phi) is 4.98. The van der Waals surface area contributed by atoms with Crippen LogP contribution in [0.2, 0.25) is 0 Å². The highest BCUT2D eigenvalue weighted by molar-refractivity contribution is 7.48. The maximum absolute atomic E-state index is 11.5. The maximum atomic E-state index is 11.5. The van der Waals surface area contributed by atoms with Gasteiger partial charge >= 0.3 is 13.8 Å². The van der Waals surface area contributed by atoms with Crippen LogP contribution in [0.15, 0.2) is 0 Å². The van der Waals surface area contributed by atoms with Gasteiger partial charge < -0.3 is 5.11 Å². The van der Waals surface area contributed by atoms with Gasteiger partial charge in [-0.15, -0.1) is 5.92 Å². The van der Waals surface area contributed by atoms with Crippen molar-refractivity contribution in [1.82, 2.24) is 0 Å². The third-order valence-corrected chi connectivity index (χ3v) is 3.00. The summed E-state index contributed by atoms with van der Waals surface area (Å²) in [5.74, 6) is 3.28. The summed E-state index contributed by atoms with van der Waals surface area (Å²) < 4.78 is 25.2. The number of aliphatic carboxylic acids is 1. The fourth-order valence-corrected chi connectivity index (χ4v) is 1.60. The van der Waals surface area contributed by atoms with Crippen LogP contribution in [-0.2, 0) is 22.9 Å². The predicted octanol–water partition coefficient (Wildman–Crippen LogP) is 1.27. The van der Waals surface area contributed by atoms with E-state index in [9.17, 15) is 9.36 Å². The van der Waals surface area contributed by atoms with Crippen molar-refractivity contribution in [3.63, 3.8) is 0 Å². The zero-order chi connectivity index (χ0) is 12.1. The summed E-state index contributed by atoms with van der Waals surface area (Å²) in [4.78, 5) is 10.9. The number of phosphoric ester groups is 1. The average molecular weight is 236 g/mol. The number of hydrogen-bond donors (Lipinski definition) is 1. The highest BCUT2D eigenvalue weighted by atomic mass is 31.2. The highest BCUT2D eigenvalue weighted by Crippen LogP contribution is 2.51. The quantitative estimate of drug-likeness (QED) is 0.571. The molecule has 0 aliphatic heterocycles. The largest absolute Gasteiger partial charge is 0.478 e. The molecule has 0 amide bonds. The first-order chi connectivity index (χ1) is 6.83. The molecule has 86 valence electrons. The van der Waals surface area contributed by atoms with Gasteiger partial charge in [-0.25, -0.2) is 9.36 Å². The van der Waals surface area contributed by atoms with E-state index in [4.69, 9.17) is 9.63 Å². The van der Waals surface area contributed by atoms with E-state index in [1.807, 2.05) is 0 Å². The second kappa shape index (κ2) is 5.29. The van der Waals surface area contributed by atoms with Crippen LogP contribution in [0.25, 0.3) is 0 Å². The third kappa shape index (κ3) is 3.65. The SMILES string of the molecule is CC#CC(C)(OP(=O)(OC)OC)C(=O)O. The fourth-order valence-electron chi connectivity index (χ4n) is 0.727. The van der Waals surface area contributed by atoms with E-state index < -0.39 is 19.4 Å². The molecule has 15 heavy (non-hydrogen) atoms. The maximum Gasteiger partial charge on any atom is 0.476 e. The molecule has 0 rings (SSSR count). The van der Waals surface area contributed by atoms with Gasteiger partial charge in [0.25, 0.3) is 0 Å². The molecule has 0 aliphatic carbocycles. The Morgan fingerprint density at radius 1 is 1.40 bits per heavy atom. The van der Waals surface area contributed by atoms with E-state index in [0.29, 0.717) is 0 Å². The van der Waals surface area contributed by atoms with Crippen molar-refractivity contribution in [2.45, 2.75) is 19.4 Å². The molecule has 0 fully saturated rings. The molecule has 0 saturated heterocycles. The lowest BCUT2D eigenvalue weighted by Crippen LogP contribution is -2.36. The first kappa shape index (κ1) is 14.1. The van der Waals surface area contributed by atoms with Crippen LogP contribution in [0, 0.1) is 11.8 Å². The molecule has 0 aliphatic rings. The minimum Gasteiger partial charge on any atom is -0.478 e. The van der Waals surface area contributed by atoms with Crippen LogP contribution >= 0.6 is 7.82 Å². The lowest BCUT2D eigenvalue weighted by atomic mass is 10.1. The van der Waals surface area contributed by atoms with E-state index in [1.54, 1.807) is 0 Å². The molecule has 0 bridgehead atoms. The minimum atomic E-state index is -3.87. The van der Waals surface area contributed by atoms with Crippen molar-refractivity contribution in [3.05, 3.63) is 0 Å². The van der Waals surface area contributed by atoms with E-state index in [-0.39, 0.29) is 0 Å². The van der Waals surface area contributed by atoms with Gasteiger partial charge in [-0.1, -0.05) is 5.92 Å². The molecular formula is C8H13O6P. The topological polar surface area (TPSA) is 82.1 Å². The standard InChI is InChI=1S/C8H13O6P/c1-5-6-8(2,7(9)10)14-15(11,12-3)13-4/h1-4H3,(H,9,10). The Labute approximate surface area is 88.1 Å². The van der Waals surface area contributed by atoms with Crippen LogP contribution < -0.4 is 0 Å². The van der Waals surface area contributed by atoms with Gasteiger partial charge in [0.05, 0.1) is 0 Å². The predicted molar refractivity (Wildman–Crippen MR) is 52.2 cm³/mol. The van der Waals surface area contributed by atoms with Gasteiger partial charge in [0.2, 0.25) is 5.60 Å². The second-order valence-electron chi connectivity index (χ2n) is 2.62. The zero-order valence-electron chi connectivity index (χ0n) is 8.94. The molecular weight excluding hydrogens is 223 g/mol. The summed E-state index contributed by atoms with van der Waals surface area (Å²) in [6, 6.07) is 0. The number of phosphoric acid groups is 1. The fraction of sp³-hybridized carbons (Fsp3) is 0.625. The van der Waals surface area contributed by atoms with Crippen LogP contribution in [0.3, 0.4) is 0 Å². The second-order valence-corrected chi connectivity index (χ2v) is 4.42. The summed E-state index contributed by atoms with van der Waals surface area (Å²) in [6.07, 6.45) is 0. The normalized spacial score (nSPS) is 14.9. The summed E-state index contributed by atoms with van der Waals surface area (Å²) >= 11 is 0. The molecule has 0 spiro atoms. The van der Waals surface area contributed by atoms with Gasteiger partial charge in [0, 0.05) is 14.2 Å². The Morgan fingerprint density at radius 3 is 2.13 bits per heavy atom. The number of rotatable bonds is 5. The Morgan fingerprint density at radius 2 is 1.87 bits per heavy atom. The number of carboxylic acids is 1. The Hall–Kier alpha value is -0.860. The molecule has 1 unspecified atom stereocenters. The van der Waals surface area contributed by atoms with Crippen LogP contribution in [0.5, 0.6) is 0 Å². The van der Waals surface area contributed by atoms with E-state index >= 15 is 0 Å². The first-order valence-corrected chi connectivity index (χ1v) is 5.39. The van der Waals surface area contributed by atoms with Crippen molar-refractivity contribution in [2.24, 2.45) is 0 Å². The molecule has 0 heterocycles. The highest BCUT2D eigenvalue weighted by Gasteiger charge is 2.41. The van der Waals surface area contributed by atoms with E-state index in [0.717, 1.165) is 21.1 Å². The molecule has 0 radical (unpaired) electrons. The molecule has 7 heteroatoms. The molecule has 6 nitrogen and oxygen atoms in total. The van der Waals surface area contributed by atoms with Gasteiger partial charge in [-0.2, -0.15) is 0 Å². The van der Waals surface area contributed by atoms with Crippen molar-refractivity contribution in [3.8, 4) is 11.8 Å². The van der Waals surface area contributed by atoms with Crippen molar-refractivity contribution < 1.29 is 28.0 Å². The number of hydrogen-bond acceptors (Lipinski definition) is 5. The van der Waals surface area contributed by atoms with Crippen molar-refractivity contribution >= 4 is 13.8 Å². The summed E-state index contributed by atoms with van der Waals surface area (Å²) in [5, 5.41) is 8.86. The Bertz CT molecular complexity index is 333. The average Bonchev–Trinajstić information content (AvgIpc) is 2.17. The first-order valence-electron chi connectivity index (χ1n) is 3.93. The number of carbonyl (C=O) groups is 1. The molecule has 0 aromatic rings. The molecule has 1 N–H and O–H groups in total. The van der Waals surface area contributed by atoms with Gasteiger partial charge in [0.15, 0.2) is 0 Å². The lowest BCUT2D eigenvalue weighted by Gasteiger charge is -2.23. The summed E-state index contributed by atoms with van der Waals surface area (Å²) in [7, 11) is -1.69. The van der Waals surface area contributed by atoms with Crippen molar-refractivity contribution in [1.29, 1.82) is 0 Å². The number of carboxylic acid groups (broad SMARTS) is 1. The van der Waals surface area contributed by atoms with Crippen LogP contribution in [-0.4, -0.2) is 30.9 Å². The molecule has 0 saturated carbocycles. The monoisotopic (exact) mass is 236 g/mol. The molecule has 0 aromatic heterocycles. The molecule has 0 aromatic carbocycles. The smallest absolute Gasteiger partial charge is 0.476 e. The minimum absolute atomic E-state index is 1.09. The van der Waals surface area contributed by atoms with Crippen LogP contribution in [0.1, 0.15) is 13.8 Å².